The van der Waals surface area contributed by atoms with E-state index in [1.807, 2.05) is 89.5 Å². The molecule has 0 saturated carbocycles. The van der Waals surface area contributed by atoms with Crippen molar-refractivity contribution in [2.24, 2.45) is 10.2 Å². The topological polar surface area (TPSA) is 55.2 Å². The number of azo groups is 1. The number of nitrogens with zero attached hydrogens (tertiary/aromatic N) is 4. The number of imidazole rings is 1. The van der Waals surface area contributed by atoms with E-state index in [0.29, 0.717) is 17.3 Å². The molecule has 0 amide bonds. The summed E-state index contributed by atoms with van der Waals surface area (Å²) in [5.41, 5.74) is 3.08. The van der Waals surface area contributed by atoms with Crippen molar-refractivity contribution in [3.05, 3.63) is 85.1 Å². The minimum absolute atomic E-state index is 0.642. The van der Waals surface area contributed by atoms with Gasteiger partial charge in [0.2, 0.25) is 0 Å². The average Bonchev–Trinajstić information content (AvgIpc) is 3.28. The molecule has 5 aromatic rings. The van der Waals surface area contributed by atoms with Gasteiger partial charge in [0.15, 0.2) is 17.3 Å². The van der Waals surface area contributed by atoms with Gasteiger partial charge in [0.05, 0.1) is 5.69 Å². The second kappa shape index (κ2) is 5.97. The van der Waals surface area contributed by atoms with Crippen molar-refractivity contribution >= 4 is 28.1 Å². The molecule has 0 radical (unpaired) electrons. The van der Waals surface area contributed by atoms with Crippen LogP contribution in [0.2, 0.25) is 0 Å². The third kappa shape index (κ3) is 2.46. The van der Waals surface area contributed by atoms with Crippen LogP contribution in [0.25, 0.3) is 28.1 Å². The molecule has 5 nitrogen and oxygen atoms in total. The lowest BCUT2D eigenvalue weighted by Crippen LogP contribution is -1.80. The molecule has 0 fully saturated rings. The van der Waals surface area contributed by atoms with Crippen molar-refractivity contribution in [1.82, 2.24) is 9.38 Å². The van der Waals surface area contributed by atoms with Crippen molar-refractivity contribution in [1.29, 1.82) is 0 Å². The van der Waals surface area contributed by atoms with Gasteiger partial charge >= 0.3 is 0 Å². The van der Waals surface area contributed by atoms with E-state index in [1.165, 1.54) is 0 Å². The summed E-state index contributed by atoms with van der Waals surface area (Å²) >= 11 is 0. The fraction of sp³-hybridized carbons (Fsp3) is 0. The minimum atomic E-state index is 0.642. The number of para-hydroxylation sites is 1. The molecule has 26 heavy (non-hydrogen) atoms. The van der Waals surface area contributed by atoms with Crippen molar-refractivity contribution in [2.45, 2.75) is 0 Å². The fourth-order valence-electron chi connectivity index (χ4n) is 2.94. The van der Waals surface area contributed by atoms with Gasteiger partial charge in [-0.25, -0.2) is 4.98 Å². The van der Waals surface area contributed by atoms with E-state index < -0.39 is 0 Å². The normalized spacial score (nSPS) is 11.7. The lowest BCUT2D eigenvalue weighted by atomic mass is 10.2. The summed E-state index contributed by atoms with van der Waals surface area (Å²) in [6.07, 6.45) is 1.92. The number of aromatic nitrogens is 2. The molecule has 3 heterocycles. The van der Waals surface area contributed by atoms with Crippen LogP contribution in [0, 0.1) is 0 Å². The molecule has 2 aromatic carbocycles. The summed E-state index contributed by atoms with van der Waals surface area (Å²) in [4.78, 5) is 4.71. The largest absolute Gasteiger partial charge is 0.454 e. The Morgan fingerprint density at radius 1 is 0.808 bits per heavy atom. The van der Waals surface area contributed by atoms with Crippen LogP contribution in [0.15, 0.2) is 99.7 Å². The van der Waals surface area contributed by atoms with E-state index in [4.69, 9.17) is 9.40 Å². The Kier molecular flexibility index (Phi) is 3.35. The Morgan fingerprint density at radius 2 is 1.62 bits per heavy atom. The summed E-state index contributed by atoms with van der Waals surface area (Å²) in [6, 6.07) is 25.4. The molecule has 0 bridgehead atoms. The van der Waals surface area contributed by atoms with E-state index in [1.54, 1.807) is 0 Å². The van der Waals surface area contributed by atoms with E-state index in [2.05, 4.69) is 10.2 Å². The quantitative estimate of drug-likeness (QED) is 0.370. The molecule has 0 aliphatic rings. The van der Waals surface area contributed by atoms with Gasteiger partial charge in [-0.1, -0.05) is 42.5 Å². The highest BCUT2D eigenvalue weighted by molar-refractivity contribution is 5.84. The van der Waals surface area contributed by atoms with Crippen LogP contribution < -0.4 is 0 Å². The molecule has 0 unspecified atom stereocenters. The molecule has 3 aromatic heterocycles. The molecule has 0 saturated heterocycles. The number of benzene rings is 2. The van der Waals surface area contributed by atoms with Crippen LogP contribution in [-0.2, 0) is 0 Å². The second-order valence-corrected chi connectivity index (χ2v) is 5.90. The number of rotatable bonds is 3. The maximum absolute atomic E-state index is 6.00. The first-order valence-electron chi connectivity index (χ1n) is 8.31. The van der Waals surface area contributed by atoms with Gasteiger partial charge in [-0.2, -0.15) is 0 Å². The summed E-state index contributed by atoms with van der Waals surface area (Å²) in [7, 11) is 0. The highest BCUT2D eigenvalue weighted by Crippen LogP contribution is 2.35. The maximum atomic E-state index is 6.00. The molecule has 124 valence electrons. The van der Waals surface area contributed by atoms with Crippen LogP contribution in [0.4, 0.5) is 11.5 Å². The SMILES string of the molecule is c1ccc(N=Nc2c(-c3cc4ccccc4o3)nc3ccccn23)cc1. The Labute approximate surface area is 149 Å². The van der Waals surface area contributed by atoms with Gasteiger partial charge in [-0.15, -0.1) is 10.2 Å². The first kappa shape index (κ1) is 14.6. The maximum Gasteiger partial charge on any atom is 0.190 e. The van der Waals surface area contributed by atoms with Crippen LogP contribution in [0.5, 0.6) is 0 Å². The molecule has 0 aliphatic carbocycles. The average molecular weight is 338 g/mol. The van der Waals surface area contributed by atoms with Gasteiger partial charge in [-0.3, -0.25) is 4.40 Å². The summed E-state index contributed by atoms with van der Waals surface area (Å²) in [5, 5.41) is 9.87. The van der Waals surface area contributed by atoms with E-state index in [9.17, 15) is 0 Å². The van der Waals surface area contributed by atoms with Gasteiger partial charge < -0.3 is 4.42 Å². The van der Waals surface area contributed by atoms with E-state index in [0.717, 1.165) is 22.3 Å². The monoisotopic (exact) mass is 338 g/mol. The van der Waals surface area contributed by atoms with Crippen molar-refractivity contribution in [2.75, 3.05) is 0 Å². The zero-order chi connectivity index (χ0) is 17.3. The molecular weight excluding hydrogens is 324 g/mol. The number of furan rings is 1. The number of pyridine rings is 1. The molecule has 0 spiro atoms. The molecule has 0 N–H and O–H groups in total. The fourth-order valence-corrected chi connectivity index (χ4v) is 2.94. The Bertz CT molecular complexity index is 1200. The summed E-state index contributed by atoms with van der Waals surface area (Å²) < 4.78 is 7.91. The van der Waals surface area contributed by atoms with Crippen LogP contribution in [0.3, 0.4) is 0 Å². The predicted molar refractivity (Wildman–Crippen MR) is 101 cm³/mol. The molecule has 0 aliphatic heterocycles. The molecular formula is C21H14N4O. The molecule has 5 heteroatoms. The van der Waals surface area contributed by atoms with Crippen molar-refractivity contribution in [3.8, 4) is 11.5 Å². The Morgan fingerprint density at radius 3 is 2.50 bits per heavy atom. The zero-order valence-corrected chi connectivity index (χ0v) is 13.8. The van der Waals surface area contributed by atoms with Gasteiger partial charge in [0, 0.05) is 11.6 Å². The smallest absolute Gasteiger partial charge is 0.190 e. The second-order valence-electron chi connectivity index (χ2n) is 5.90. The van der Waals surface area contributed by atoms with E-state index in [-0.39, 0.29) is 0 Å². The number of hydrogen-bond donors (Lipinski definition) is 0. The van der Waals surface area contributed by atoms with E-state index >= 15 is 0 Å². The highest BCUT2D eigenvalue weighted by Gasteiger charge is 2.17. The Hall–Kier alpha value is -3.73. The lowest BCUT2D eigenvalue weighted by molar-refractivity contribution is 0.629. The van der Waals surface area contributed by atoms with Crippen LogP contribution in [-0.4, -0.2) is 9.38 Å². The van der Waals surface area contributed by atoms with Crippen molar-refractivity contribution in [3.63, 3.8) is 0 Å². The van der Waals surface area contributed by atoms with Crippen LogP contribution in [0.1, 0.15) is 0 Å². The van der Waals surface area contributed by atoms with Gasteiger partial charge in [-0.05, 0) is 36.4 Å². The van der Waals surface area contributed by atoms with Crippen LogP contribution >= 0.6 is 0 Å². The first-order valence-corrected chi connectivity index (χ1v) is 8.31. The zero-order valence-electron chi connectivity index (χ0n) is 13.8. The standard InChI is InChI=1S/C21H14N4O/c1-2-9-16(10-3-1)23-24-21-20(22-19-12-6-7-13-25(19)21)18-14-15-8-4-5-11-17(15)26-18/h1-14H. The van der Waals surface area contributed by atoms with Crippen molar-refractivity contribution < 1.29 is 4.42 Å². The first-order chi connectivity index (χ1) is 12.9. The highest BCUT2D eigenvalue weighted by atomic mass is 16.3. The van der Waals surface area contributed by atoms with Gasteiger partial charge in [0.1, 0.15) is 11.2 Å². The van der Waals surface area contributed by atoms with Gasteiger partial charge in [0.25, 0.3) is 0 Å². The third-order valence-corrected chi connectivity index (χ3v) is 4.18. The predicted octanol–water partition coefficient (Wildman–Crippen LogP) is 6.16. The lowest BCUT2D eigenvalue weighted by Gasteiger charge is -1.96. The molecule has 5 rings (SSSR count). The number of hydrogen-bond acceptors (Lipinski definition) is 4. The third-order valence-electron chi connectivity index (χ3n) is 4.18. The molecule has 0 atom stereocenters. The summed E-state index contributed by atoms with van der Waals surface area (Å²) in [5.74, 6) is 1.32. The Balaban J connectivity index is 1.70. The number of fused-ring (bicyclic) bond motifs is 2. The summed E-state index contributed by atoms with van der Waals surface area (Å²) in [6.45, 7) is 0. The minimum Gasteiger partial charge on any atom is -0.454 e.